The molecule has 1 aliphatic carbocycles. The minimum Gasteiger partial charge on any atom is -0.326 e. The fourth-order valence-electron chi connectivity index (χ4n) is 0.757. The highest BCUT2D eigenvalue weighted by atomic mass is 15.3. The minimum atomic E-state index is 0.296. The highest BCUT2D eigenvalue weighted by molar-refractivity contribution is 5.03. The van der Waals surface area contributed by atoms with E-state index in [1.165, 1.54) is 0 Å². The van der Waals surface area contributed by atoms with Crippen molar-refractivity contribution in [2.45, 2.75) is 19.0 Å². The summed E-state index contributed by atoms with van der Waals surface area (Å²) < 4.78 is 0. The summed E-state index contributed by atoms with van der Waals surface area (Å²) in [4.78, 5) is 0. The number of nitrogens with one attached hydrogen (secondary N) is 1. The van der Waals surface area contributed by atoms with Gasteiger partial charge in [-0.3, -0.25) is 11.3 Å². The second-order valence-electron chi connectivity index (χ2n) is 2.13. The van der Waals surface area contributed by atoms with E-state index in [2.05, 4.69) is 12.3 Å². The highest BCUT2D eigenvalue weighted by Gasteiger charge is 2.42. The van der Waals surface area contributed by atoms with Crippen LogP contribution in [0.15, 0.2) is 0 Å². The van der Waals surface area contributed by atoms with E-state index in [1.54, 1.807) is 0 Å². The molecule has 3 heteroatoms. The average Bonchev–Trinajstić information content (AvgIpc) is 2.17. The molecule has 0 aliphatic heterocycles. The fraction of sp³-hybridized carbons (Fsp3) is 1.00. The zero-order chi connectivity index (χ0) is 5.44. The molecule has 0 aromatic heterocycles. The third kappa shape index (κ3) is 0.627. The van der Waals surface area contributed by atoms with Crippen LogP contribution in [0.3, 0.4) is 0 Å². The Hall–Kier alpha value is -0.120. The molecule has 3 atom stereocenters. The topological polar surface area (TPSA) is 64.1 Å². The number of hydrazine groups is 1. The van der Waals surface area contributed by atoms with Gasteiger partial charge in [-0.2, -0.15) is 0 Å². The van der Waals surface area contributed by atoms with Gasteiger partial charge in [0.2, 0.25) is 0 Å². The van der Waals surface area contributed by atoms with Gasteiger partial charge in [-0.05, 0) is 5.92 Å². The number of nitrogens with two attached hydrogens (primary N) is 2. The predicted molar refractivity (Wildman–Crippen MR) is 28.3 cm³/mol. The second kappa shape index (κ2) is 1.43. The summed E-state index contributed by atoms with van der Waals surface area (Å²) in [5.41, 5.74) is 8.09. The van der Waals surface area contributed by atoms with Crippen molar-refractivity contribution in [3.8, 4) is 0 Å². The van der Waals surface area contributed by atoms with Crippen LogP contribution in [0.25, 0.3) is 0 Å². The van der Waals surface area contributed by atoms with E-state index in [1.807, 2.05) is 0 Å². The van der Waals surface area contributed by atoms with Gasteiger partial charge in [-0.25, -0.2) is 0 Å². The van der Waals surface area contributed by atoms with Crippen LogP contribution in [0.1, 0.15) is 6.92 Å². The summed E-state index contributed by atoms with van der Waals surface area (Å²) in [6.45, 7) is 2.08. The smallest absolute Gasteiger partial charge is 0.0405 e. The first-order valence-corrected chi connectivity index (χ1v) is 2.49. The number of hydrogen-bond donors (Lipinski definition) is 3. The Labute approximate surface area is 43.0 Å². The van der Waals surface area contributed by atoms with Crippen LogP contribution in [0, 0.1) is 5.92 Å². The molecular formula is C4H11N3. The first-order chi connectivity index (χ1) is 3.27. The lowest BCUT2D eigenvalue weighted by atomic mass is 10.5. The Morgan fingerprint density at radius 3 is 2.00 bits per heavy atom. The minimum absolute atomic E-state index is 0.296. The molecule has 0 radical (unpaired) electrons. The second-order valence-corrected chi connectivity index (χ2v) is 2.13. The first-order valence-electron chi connectivity index (χ1n) is 2.49. The van der Waals surface area contributed by atoms with Crippen molar-refractivity contribution in [3.63, 3.8) is 0 Å². The summed E-state index contributed by atoms with van der Waals surface area (Å²) >= 11 is 0. The van der Waals surface area contributed by atoms with Crippen LogP contribution in [0.4, 0.5) is 0 Å². The monoisotopic (exact) mass is 101 g/mol. The molecule has 0 aromatic rings. The maximum Gasteiger partial charge on any atom is 0.0405 e. The molecule has 0 amide bonds. The van der Waals surface area contributed by atoms with Gasteiger partial charge in [0.05, 0.1) is 0 Å². The lowest BCUT2D eigenvalue weighted by Crippen LogP contribution is -2.29. The molecule has 0 unspecified atom stereocenters. The quantitative estimate of drug-likeness (QED) is 0.287. The van der Waals surface area contributed by atoms with Gasteiger partial charge in [0.15, 0.2) is 0 Å². The van der Waals surface area contributed by atoms with Crippen LogP contribution in [-0.2, 0) is 0 Å². The van der Waals surface area contributed by atoms with Crippen LogP contribution >= 0.6 is 0 Å². The zero-order valence-corrected chi connectivity index (χ0v) is 4.39. The van der Waals surface area contributed by atoms with Gasteiger partial charge < -0.3 is 5.73 Å². The predicted octanol–water partition coefficient (Wildman–Crippen LogP) is -1.20. The Kier molecular flexibility index (Phi) is 1.03. The maximum absolute atomic E-state index is 5.48. The Balaban J connectivity index is 2.24. The molecule has 1 aliphatic rings. The molecular weight excluding hydrogens is 90.1 g/mol. The summed E-state index contributed by atoms with van der Waals surface area (Å²) in [6.07, 6.45) is 0. The summed E-state index contributed by atoms with van der Waals surface area (Å²) in [7, 11) is 0. The van der Waals surface area contributed by atoms with Crippen LogP contribution in [-0.4, -0.2) is 12.1 Å². The van der Waals surface area contributed by atoms with Crippen molar-refractivity contribution in [2.24, 2.45) is 17.5 Å². The molecule has 5 N–H and O–H groups in total. The van der Waals surface area contributed by atoms with Gasteiger partial charge in [-0.1, -0.05) is 6.92 Å². The number of rotatable bonds is 1. The van der Waals surface area contributed by atoms with E-state index in [4.69, 9.17) is 11.6 Å². The molecule has 0 saturated heterocycles. The van der Waals surface area contributed by atoms with E-state index < -0.39 is 0 Å². The normalized spacial score (nSPS) is 49.3. The largest absolute Gasteiger partial charge is 0.326 e. The summed E-state index contributed by atoms with van der Waals surface area (Å²) in [5, 5.41) is 0. The van der Waals surface area contributed by atoms with Crippen molar-refractivity contribution < 1.29 is 0 Å². The molecule has 1 rings (SSSR count). The summed E-state index contributed by atoms with van der Waals surface area (Å²) in [6, 6.07) is 0.671. The first kappa shape index (κ1) is 5.03. The SMILES string of the molecule is C[C@@H]1[C@H](N)[C@@H]1NN. The maximum atomic E-state index is 5.48. The van der Waals surface area contributed by atoms with E-state index in [-0.39, 0.29) is 0 Å². The van der Waals surface area contributed by atoms with Crippen molar-refractivity contribution in [1.82, 2.24) is 5.43 Å². The van der Waals surface area contributed by atoms with Gasteiger partial charge in [0, 0.05) is 12.1 Å². The third-order valence-corrected chi connectivity index (χ3v) is 1.64. The van der Waals surface area contributed by atoms with E-state index >= 15 is 0 Å². The van der Waals surface area contributed by atoms with Gasteiger partial charge in [0.1, 0.15) is 0 Å². The van der Waals surface area contributed by atoms with Crippen molar-refractivity contribution >= 4 is 0 Å². The van der Waals surface area contributed by atoms with Gasteiger partial charge >= 0.3 is 0 Å². The van der Waals surface area contributed by atoms with Crippen molar-refractivity contribution in [1.29, 1.82) is 0 Å². The summed E-state index contributed by atoms with van der Waals surface area (Å²) in [5.74, 6) is 5.66. The van der Waals surface area contributed by atoms with Gasteiger partial charge in [0.25, 0.3) is 0 Å². The van der Waals surface area contributed by atoms with E-state index in [9.17, 15) is 0 Å². The Morgan fingerprint density at radius 2 is 2.00 bits per heavy atom. The molecule has 7 heavy (non-hydrogen) atoms. The Bertz CT molecular complexity index is 65.3. The van der Waals surface area contributed by atoms with Crippen molar-refractivity contribution in [2.75, 3.05) is 0 Å². The van der Waals surface area contributed by atoms with E-state index in [0.29, 0.717) is 18.0 Å². The zero-order valence-electron chi connectivity index (χ0n) is 4.39. The van der Waals surface area contributed by atoms with Crippen molar-refractivity contribution in [3.05, 3.63) is 0 Å². The molecule has 0 bridgehead atoms. The standard InChI is InChI=1S/C4H11N3/c1-2-3(5)4(2)7-6/h2-4,7H,5-6H2,1H3/t2-,3+,4-/m1/s1. The molecule has 1 saturated carbocycles. The highest BCUT2D eigenvalue weighted by Crippen LogP contribution is 2.26. The molecule has 1 fully saturated rings. The molecule has 42 valence electrons. The Morgan fingerprint density at radius 1 is 1.57 bits per heavy atom. The fourth-order valence-corrected chi connectivity index (χ4v) is 0.757. The van der Waals surface area contributed by atoms with Gasteiger partial charge in [-0.15, -0.1) is 0 Å². The van der Waals surface area contributed by atoms with E-state index in [0.717, 1.165) is 0 Å². The van der Waals surface area contributed by atoms with Crippen LogP contribution < -0.4 is 17.0 Å². The molecule has 0 spiro atoms. The number of hydrogen-bond acceptors (Lipinski definition) is 3. The van der Waals surface area contributed by atoms with Crippen LogP contribution in [0.5, 0.6) is 0 Å². The molecule has 0 aromatic carbocycles. The molecule has 3 nitrogen and oxygen atoms in total. The average molecular weight is 101 g/mol. The third-order valence-electron chi connectivity index (χ3n) is 1.64. The lowest BCUT2D eigenvalue weighted by Gasteiger charge is -1.86. The lowest BCUT2D eigenvalue weighted by molar-refractivity contribution is 0.684. The van der Waals surface area contributed by atoms with Crippen LogP contribution in [0.2, 0.25) is 0 Å². The molecule has 0 heterocycles.